The molecule has 1 N–H and O–H groups in total. The molecule has 1 fully saturated rings. The first kappa shape index (κ1) is 10.5. The lowest BCUT2D eigenvalue weighted by atomic mass is 10.1. The van der Waals surface area contributed by atoms with Gasteiger partial charge in [0.2, 0.25) is 0 Å². The van der Waals surface area contributed by atoms with Gasteiger partial charge in [0.15, 0.2) is 5.67 Å². The second kappa shape index (κ2) is 3.64. The molecule has 0 heterocycles. The molecule has 2 nitrogen and oxygen atoms in total. The third kappa shape index (κ3) is 2.98. The largest absolute Gasteiger partial charge is 0.351 e. The smallest absolute Gasteiger partial charge is 0.257 e. The van der Waals surface area contributed by atoms with Crippen LogP contribution >= 0.6 is 0 Å². The maximum absolute atomic E-state index is 13.1. The topological polar surface area (TPSA) is 29.1 Å². The zero-order valence-electron chi connectivity index (χ0n) is 8.56. The van der Waals surface area contributed by atoms with Gasteiger partial charge >= 0.3 is 0 Å². The van der Waals surface area contributed by atoms with Crippen LogP contribution in [0, 0.1) is 5.92 Å². The fourth-order valence-electron chi connectivity index (χ4n) is 1.70. The molecule has 0 aromatic heterocycles. The number of hydrogen-bond acceptors (Lipinski definition) is 1. The Balaban J connectivity index is 2.37. The Bertz CT molecular complexity index is 198. The van der Waals surface area contributed by atoms with Gasteiger partial charge in [-0.05, 0) is 39.0 Å². The van der Waals surface area contributed by atoms with Gasteiger partial charge < -0.3 is 5.32 Å². The third-order valence-corrected chi connectivity index (χ3v) is 2.57. The average Bonchev–Trinajstić information content (AvgIpc) is 2.33. The number of carbonyl (C=O) groups is 1. The van der Waals surface area contributed by atoms with E-state index in [1.165, 1.54) is 13.8 Å². The molecule has 76 valence electrons. The van der Waals surface area contributed by atoms with Crippen molar-refractivity contribution in [1.82, 2.24) is 5.32 Å². The number of hydrogen-bond donors (Lipinski definition) is 1. The number of alkyl halides is 1. The van der Waals surface area contributed by atoms with Gasteiger partial charge in [-0.2, -0.15) is 0 Å². The van der Waals surface area contributed by atoms with E-state index in [1.54, 1.807) is 0 Å². The summed E-state index contributed by atoms with van der Waals surface area (Å²) in [7, 11) is 0. The van der Waals surface area contributed by atoms with E-state index in [4.69, 9.17) is 0 Å². The maximum Gasteiger partial charge on any atom is 0.257 e. The molecule has 0 aromatic carbocycles. The van der Waals surface area contributed by atoms with Crippen molar-refractivity contribution in [3.8, 4) is 0 Å². The van der Waals surface area contributed by atoms with E-state index in [1.807, 2.05) is 0 Å². The average molecular weight is 187 g/mol. The summed E-state index contributed by atoms with van der Waals surface area (Å²) in [6, 6.07) is 0.192. The Morgan fingerprint density at radius 3 is 2.46 bits per heavy atom. The first-order valence-electron chi connectivity index (χ1n) is 4.89. The van der Waals surface area contributed by atoms with Gasteiger partial charge in [-0.15, -0.1) is 0 Å². The van der Waals surface area contributed by atoms with E-state index in [0.29, 0.717) is 5.92 Å². The number of halogens is 1. The number of carbonyl (C=O) groups excluding carboxylic acids is 1. The van der Waals surface area contributed by atoms with E-state index >= 15 is 0 Å². The van der Waals surface area contributed by atoms with Crippen molar-refractivity contribution in [1.29, 1.82) is 0 Å². The molecule has 1 saturated carbocycles. The molecule has 0 saturated heterocycles. The molecule has 0 aliphatic heterocycles. The normalized spacial score (nSPS) is 28.9. The summed E-state index contributed by atoms with van der Waals surface area (Å²) in [4.78, 5) is 11.2. The van der Waals surface area contributed by atoms with E-state index < -0.39 is 11.6 Å². The van der Waals surface area contributed by atoms with Crippen LogP contribution < -0.4 is 5.32 Å². The van der Waals surface area contributed by atoms with Crippen LogP contribution in [0.4, 0.5) is 4.39 Å². The molecule has 2 atom stereocenters. The van der Waals surface area contributed by atoms with Crippen LogP contribution in [0.15, 0.2) is 0 Å². The summed E-state index contributed by atoms with van der Waals surface area (Å²) in [6.45, 7) is 4.74. The first-order valence-corrected chi connectivity index (χ1v) is 4.89. The van der Waals surface area contributed by atoms with E-state index in [0.717, 1.165) is 19.3 Å². The van der Waals surface area contributed by atoms with Gasteiger partial charge in [-0.1, -0.05) is 6.92 Å². The number of rotatable bonds is 2. The van der Waals surface area contributed by atoms with Crippen LogP contribution in [0.25, 0.3) is 0 Å². The molecular weight excluding hydrogens is 169 g/mol. The minimum atomic E-state index is -1.74. The molecule has 0 radical (unpaired) electrons. The van der Waals surface area contributed by atoms with Crippen molar-refractivity contribution in [2.24, 2.45) is 5.92 Å². The first-order chi connectivity index (χ1) is 5.89. The van der Waals surface area contributed by atoms with Crippen molar-refractivity contribution >= 4 is 5.91 Å². The molecule has 1 rings (SSSR count). The highest BCUT2D eigenvalue weighted by Crippen LogP contribution is 2.25. The van der Waals surface area contributed by atoms with Crippen LogP contribution in [0.2, 0.25) is 0 Å². The Kier molecular flexibility index (Phi) is 2.94. The molecule has 13 heavy (non-hydrogen) atoms. The van der Waals surface area contributed by atoms with Crippen molar-refractivity contribution in [2.75, 3.05) is 0 Å². The highest BCUT2D eigenvalue weighted by atomic mass is 19.1. The van der Waals surface area contributed by atoms with Crippen molar-refractivity contribution in [2.45, 2.75) is 51.7 Å². The quantitative estimate of drug-likeness (QED) is 0.704. The second-order valence-corrected chi connectivity index (χ2v) is 4.56. The van der Waals surface area contributed by atoms with Crippen LogP contribution in [0.1, 0.15) is 40.0 Å². The van der Waals surface area contributed by atoms with Gasteiger partial charge in [0.25, 0.3) is 5.91 Å². The van der Waals surface area contributed by atoms with Gasteiger partial charge in [0, 0.05) is 6.04 Å². The zero-order valence-corrected chi connectivity index (χ0v) is 8.56. The number of nitrogens with one attached hydrogen (secondary N) is 1. The molecule has 1 aliphatic rings. The Hall–Kier alpha value is -0.600. The maximum atomic E-state index is 13.1. The predicted octanol–water partition coefficient (Wildman–Crippen LogP) is 2.04. The zero-order chi connectivity index (χ0) is 10.1. The van der Waals surface area contributed by atoms with Gasteiger partial charge in [0.1, 0.15) is 0 Å². The van der Waals surface area contributed by atoms with E-state index in [9.17, 15) is 9.18 Å². The third-order valence-electron chi connectivity index (χ3n) is 2.57. The van der Waals surface area contributed by atoms with Gasteiger partial charge in [0.05, 0.1) is 0 Å². The monoisotopic (exact) mass is 187 g/mol. The molecule has 1 amide bonds. The lowest BCUT2D eigenvalue weighted by Gasteiger charge is -2.18. The minimum Gasteiger partial charge on any atom is -0.351 e. The second-order valence-electron chi connectivity index (χ2n) is 4.56. The summed E-state index contributed by atoms with van der Waals surface area (Å²) in [5.41, 5.74) is -1.74. The van der Waals surface area contributed by atoms with E-state index in [2.05, 4.69) is 12.2 Å². The van der Waals surface area contributed by atoms with Crippen molar-refractivity contribution in [3.05, 3.63) is 0 Å². The molecule has 3 heteroatoms. The van der Waals surface area contributed by atoms with Crippen LogP contribution in [-0.2, 0) is 4.79 Å². The van der Waals surface area contributed by atoms with Crippen LogP contribution in [0.5, 0.6) is 0 Å². The lowest BCUT2D eigenvalue weighted by molar-refractivity contribution is -0.131. The Morgan fingerprint density at radius 1 is 1.46 bits per heavy atom. The Morgan fingerprint density at radius 2 is 2.08 bits per heavy atom. The Labute approximate surface area is 78.9 Å². The summed E-state index contributed by atoms with van der Waals surface area (Å²) in [5.74, 6) is 0.180. The van der Waals surface area contributed by atoms with E-state index in [-0.39, 0.29) is 6.04 Å². The molecule has 2 unspecified atom stereocenters. The predicted molar refractivity (Wildman–Crippen MR) is 50.1 cm³/mol. The van der Waals surface area contributed by atoms with Gasteiger partial charge in [-0.25, -0.2) is 4.39 Å². The fourth-order valence-corrected chi connectivity index (χ4v) is 1.70. The van der Waals surface area contributed by atoms with Crippen LogP contribution in [0.3, 0.4) is 0 Å². The summed E-state index contributed by atoms with van der Waals surface area (Å²) >= 11 is 0. The molecular formula is C10H18FNO. The minimum absolute atomic E-state index is 0.192. The molecule has 0 spiro atoms. The fraction of sp³-hybridized carbons (Fsp3) is 0.900. The van der Waals surface area contributed by atoms with Crippen molar-refractivity contribution in [3.63, 3.8) is 0 Å². The molecule has 0 bridgehead atoms. The highest BCUT2D eigenvalue weighted by molar-refractivity contribution is 5.84. The highest BCUT2D eigenvalue weighted by Gasteiger charge is 2.30. The SMILES string of the molecule is CC1CCC(NC(=O)C(C)(C)F)C1. The van der Waals surface area contributed by atoms with Gasteiger partial charge in [-0.3, -0.25) is 4.79 Å². The van der Waals surface area contributed by atoms with Crippen molar-refractivity contribution < 1.29 is 9.18 Å². The summed E-state index contributed by atoms with van der Waals surface area (Å²) < 4.78 is 13.1. The van der Waals surface area contributed by atoms with Crippen LogP contribution in [-0.4, -0.2) is 17.6 Å². The standard InChI is InChI=1S/C10H18FNO/c1-7-4-5-8(6-7)12-9(13)10(2,3)11/h7-8H,4-6H2,1-3H3,(H,12,13). The number of amides is 1. The summed E-state index contributed by atoms with van der Waals surface area (Å²) in [6.07, 6.45) is 3.11. The lowest BCUT2D eigenvalue weighted by Crippen LogP contribution is -2.43. The summed E-state index contributed by atoms with van der Waals surface area (Å²) in [5, 5.41) is 2.74. The molecule has 1 aliphatic carbocycles. The molecule has 0 aromatic rings.